The third kappa shape index (κ3) is 2.65. The molecular formula is C23H25N3O3. The summed E-state index contributed by atoms with van der Waals surface area (Å²) in [7, 11) is 1.91. The minimum Gasteiger partial charge on any atom is -0.373 e. The highest BCUT2D eigenvalue weighted by atomic mass is 16.2. The first-order valence-corrected chi connectivity index (χ1v) is 10.4. The Balaban J connectivity index is 1.61. The monoisotopic (exact) mass is 391 g/mol. The van der Waals surface area contributed by atoms with Crippen LogP contribution in [-0.2, 0) is 16.0 Å². The maximum Gasteiger partial charge on any atom is 0.331 e. The highest BCUT2D eigenvalue weighted by Gasteiger charge is 2.57. The zero-order chi connectivity index (χ0) is 20.2. The first-order chi connectivity index (χ1) is 14.0. The molecule has 3 aliphatic rings. The second-order valence-corrected chi connectivity index (χ2v) is 8.63. The quantitative estimate of drug-likeness (QED) is 0.758. The molecule has 6 nitrogen and oxygen atoms in total. The molecule has 150 valence electrons. The number of amides is 4. The van der Waals surface area contributed by atoms with E-state index in [1.165, 1.54) is 4.90 Å². The molecule has 2 aromatic rings. The van der Waals surface area contributed by atoms with Gasteiger partial charge in [0.15, 0.2) is 0 Å². The molecule has 0 aromatic heterocycles. The number of hydrogen-bond acceptors (Lipinski definition) is 4. The van der Waals surface area contributed by atoms with Gasteiger partial charge in [-0.15, -0.1) is 0 Å². The second-order valence-electron chi connectivity index (χ2n) is 8.63. The molecule has 0 bridgehead atoms. The Labute approximate surface area is 169 Å². The third-order valence-electron chi connectivity index (χ3n) is 6.85. The molecule has 1 saturated heterocycles. The van der Waals surface area contributed by atoms with Gasteiger partial charge in [0.2, 0.25) is 11.8 Å². The van der Waals surface area contributed by atoms with E-state index in [0.717, 1.165) is 54.1 Å². The maximum atomic E-state index is 13.7. The van der Waals surface area contributed by atoms with Crippen LogP contribution in [0.3, 0.4) is 0 Å². The third-order valence-corrected chi connectivity index (χ3v) is 6.85. The Kier molecular flexibility index (Phi) is 4.12. The molecule has 29 heavy (non-hydrogen) atoms. The average molecular weight is 391 g/mol. The number of benzene rings is 2. The lowest BCUT2D eigenvalue weighted by molar-refractivity contribution is -0.153. The molecule has 4 amide bonds. The summed E-state index contributed by atoms with van der Waals surface area (Å²) >= 11 is 0. The summed E-state index contributed by atoms with van der Waals surface area (Å²) in [5.74, 6) is -0.798. The fourth-order valence-corrected chi connectivity index (χ4v) is 5.38. The van der Waals surface area contributed by atoms with Gasteiger partial charge in [-0.05, 0) is 35.2 Å². The van der Waals surface area contributed by atoms with Gasteiger partial charge in [0.1, 0.15) is 5.41 Å². The average Bonchev–Trinajstić information content (AvgIpc) is 2.73. The minimum atomic E-state index is -1.27. The van der Waals surface area contributed by atoms with Gasteiger partial charge < -0.3 is 4.90 Å². The van der Waals surface area contributed by atoms with Gasteiger partial charge in [-0.2, -0.15) is 0 Å². The van der Waals surface area contributed by atoms with Crippen molar-refractivity contribution in [1.82, 2.24) is 10.2 Å². The van der Waals surface area contributed by atoms with E-state index in [9.17, 15) is 14.4 Å². The van der Waals surface area contributed by atoms with Gasteiger partial charge in [0.05, 0.1) is 0 Å². The van der Waals surface area contributed by atoms with Crippen molar-refractivity contribution in [3.05, 3.63) is 42.0 Å². The molecule has 1 saturated carbocycles. The fourth-order valence-electron chi connectivity index (χ4n) is 5.38. The number of urea groups is 1. The smallest absolute Gasteiger partial charge is 0.331 e. The lowest BCUT2D eigenvalue weighted by Gasteiger charge is -2.47. The van der Waals surface area contributed by atoms with Crippen LogP contribution in [0.15, 0.2) is 36.4 Å². The van der Waals surface area contributed by atoms with Gasteiger partial charge in [0, 0.05) is 31.7 Å². The zero-order valence-corrected chi connectivity index (χ0v) is 16.6. The summed E-state index contributed by atoms with van der Waals surface area (Å²) in [5, 5.41) is 4.65. The predicted octanol–water partition coefficient (Wildman–Crippen LogP) is 3.23. The van der Waals surface area contributed by atoms with E-state index in [0.29, 0.717) is 6.42 Å². The molecule has 1 N–H and O–H groups in total. The van der Waals surface area contributed by atoms with Gasteiger partial charge >= 0.3 is 6.03 Å². The number of rotatable bonds is 1. The van der Waals surface area contributed by atoms with E-state index in [4.69, 9.17) is 0 Å². The van der Waals surface area contributed by atoms with Crippen LogP contribution in [0.25, 0.3) is 10.8 Å². The van der Waals surface area contributed by atoms with Crippen LogP contribution in [0.4, 0.5) is 10.5 Å². The van der Waals surface area contributed by atoms with E-state index >= 15 is 0 Å². The molecule has 1 aliphatic carbocycles. The van der Waals surface area contributed by atoms with Crippen molar-refractivity contribution in [3.8, 4) is 0 Å². The van der Waals surface area contributed by atoms with Crippen molar-refractivity contribution in [2.24, 2.45) is 5.41 Å². The fraction of sp³-hybridized carbons (Fsp3) is 0.435. The van der Waals surface area contributed by atoms with Crippen LogP contribution in [-0.4, -0.2) is 42.4 Å². The van der Waals surface area contributed by atoms with E-state index in [1.54, 1.807) is 0 Å². The summed E-state index contributed by atoms with van der Waals surface area (Å²) in [5.41, 5.74) is 0.770. The zero-order valence-electron chi connectivity index (χ0n) is 16.6. The summed E-state index contributed by atoms with van der Waals surface area (Å²) < 4.78 is 0. The number of nitrogens with one attached hydrogen (secondary N) is 1. The highest BCUT2D eigenvalue weighted by molar-refractivity contribution is 6.20. The number of fused-ring (bicyclic) bond motifs is 3. The van der Waals surface area contributed by atoms with Crippen LogP contribution in [0.2, 0.25) is 0 Å². The molecule has 6 heteroatoms. The standard InChI is InChI=1S/C23H25N3O3/c1-25-14-23(13-18-17-10-6-5-7-15(17)11-12-19(18)25)20(27)24-22(29)26(21(23)28)16-8-3-2-4-9-16/h5-7,10-12,16H,2-4,8-9,13-14H2,1H3,(H,24,27,29). The Morgan fingerprint density at radius 2 is 1.76 bits per heavy atom. The normalized spacial score (nSPS) is 25.5. The number of nitrogens with zero attached hydrogens (tertiary/aromatic N) is 2. The van der Waals surface area contributed by atoms with E-state index < -0.39 is 17.4 Å². The molecule has 1 atom stereocenters. The molecule has 1 unspecified atom stereocenters. The summed E-state index contributed by atoms with van der Waals surface area (Å²) in [6.45, 7) is 0.277. The number of anilines is 1. The SMILES string of the molecule is CN1CC2(Cc3c1ccc1ccccc31)C(=O)NC(=O)N(C1CCCCC1)C2=O. The summed E-state index contributed by atoms with van der Waals surface area (Å²) in [4.78, 5) is 42.8. The van der Waals surface area contributed by atoms with Crippen LogP contribution < -0.4 is 10.2 Å². The molecule has 2 fully saturated rings. The van der Waals surface area contributed by atoms with Crippen molar-refractivity contribution in [2.75, 3.05) is 18.5 Å². The maximum absolute atomic E-state index is 13.7. The van der Waals surface area contributed by atoms with E-state index in [-0.39, 0.29) is 18.5 Å². The Bertz CT molecular complexity index is 1030. The van der Waals surface area contributed by atoms with Crippen LogP contribution in [0.1, 0.15) is 37.7 Å². The van der Waals surface area contributed by atoms with Crippen LogP contribution >= 0.6 is 0 Å². The number of imide groups is 2. The summed E-state index contributed by atoms with van der Waals surface area (Å²) in [6, 6.07) is 11.5. The lowest BCUT2D eigenvalue weighted by atomic mass is 9.73. The van der Waals surface area contributed by atoms with Crippen LogP contribution in [0, 0.1) is 5.41 Å². The van der Waals surface area contributed by atoms with E-state index in [1.807, 2.05) is 36.2 Å². The Morgan fingerprint density at radius 3 is 2.55 bits per heavy atom. The van der Waals surface area contributed by atoms with Crippen molar-refractivity contribution >= 4 is 34.3 Å². The van der Waals surface area contributed by atoms with Crippen molar-refractivity contribution in [2.45, 2.75) is 44.6 Å². The number of barbiturate groups is 1. The molecule has 2 aromatic carbocycles. The molecule has 5 rings (SSSR count). The Hall–Kier alpha value is -2.89. The molecule has 2 heterocycles. The van der Waals surface area contributed by atoms with Gasteiger partial charge in [-0.1, -0.05) is 49.6 Å². The largest absolute Gasteiger partial charge is 0.373 e. The molecule has 1 spiro atoms. The summed E-state index contributed by atoms with van der Waals surface area (Å²) in [6.07, 6.45) is 5.10. The first kappa shape index (κ1) is 18.2. The lowest BCUT2D eigenvalue weighted by Crippen LogP contribution is -2.70. The van der Waals surface area contributed by atoms with Gasteiger partial charge in [-0.25, -0.2) is 4.79 Å². The number of hydrogen-bond donors (Lipinski definition) is 1. The second kappa shape index (κ2) is 6.58. The minimum absolute atomic E-state index is 0.111. The van der Waals surface area contributed by atoms with Gasteiger partial charge in [-0.3, -0.25) is 19.8 Å². The number of carbonyl (C=O) groups excluding carboxylic acids is 3. The van der Waals surface area contributed by atoms with Crippen molar-refractivity contribution < 1.29 is 14.4 Å². The highest BCUT2D eigenvalue weighted by Crippen LogP contribution is 2.43. The first-order valence-electron chi connectivity index (χ1n) is 10.4. The van der Waals surface area contributed by atoms with Crippen LogP contribution in [0.5, 0.6) is 0 Å². The molecular weight excluding hydrogens is 366 g/mol. The van der Waals surface area contributed by atoms with E-state index in [2.05, 4.69) is 17.4 Å². The van der Waals surface area contributed by atoms with Crippen molar-refractivity contribution in [3.63, 3.8) is 0 Å². The number of carbonyl (C=O) groups is 3. The van der Waals surface area contributed by atoms with Gasteiger partial charge in [0.25, 0.3) is 0 Å². The van der Waals surface area contributed by atoms with Crippen molar-refractivity contribution in [1.29, 1.82) is 0 Å². The molecule has 2 aliphatic heterocycles. The Morgan fingerprint density at radius 1 is 1.00 bits per heavy atom. The molecule has 0 radical (unpaired) electrons. The topological polar surface area (TPSA) is 69.7 Å². The predicted molar refractivity (Wildman–Crippen MR) is 111 cm³/mol.